The first-order chi connectivity index (χ1) is 9.76. The number of hydrogen-bond acceptors (Lipinski definition) is 2. The maximum absolute atomic E-state index is 5.27. The molecule has 4 nitrogen and oxygen atoms in total. The molecule has 1 N–H and O–H groups in total. The summed E-state index contributed by atoms with van der Waals surface area (Å²) in [4.78, 5) is 8.23. The van der Waals surface area contributed by atoms with E-state index in [-0.39, 0.29) is 0 Å². The Morgan fingerprint density at radius 1 is 1.35 bits per heavy atom. The zero-order valence-corrected chi connectivity index (χ0v) is 12.3. The number of ether oxygens (including phenoxy) is 1. The first-order valence-corrected chi connectivity index (χ1v) is 7.23. The van der Waals surface area contributed by atoms with E-state index in [1.54, 1.807) is 7.11 Å². The molecule has 2 aromatic heterocycles. The minimum Gasteiger partial charge on any atom is -0.384 e. The maximum atomic E-state index is 5.27. The smallest absolute Gasteiger partial charge is 0.212 e. The van der Waals surface area contributed by atoms with Gasteiger partial charge in [-0.05, 0) is 18.6 Å². The zero-order chi connectivity index (χ0) is 14.1. The summed E-state index contributed by atoms with van der Waals surface area (Å²) in [6.45, 7) is 5.16. The van der Waals surface area contributed by atoms with Gasteiger partial charge in [-0.2, -0.15) is 0 Å². The van der Waals surface area contributed by atoms with E-state index >= 15 is 0 Å². The molecule has 0 aliphatic heterocycles. The number of aromatic nitrogens is 3. The quantitative estimate of drug-likeness (QED) is 0.771. The van der Waals surface area contributed by atoms with Crippen molar-refractivity contribution in [3.05, 3.63) is 35.7 Å². The van der Waals surface area contributed by atoms with Gasteiger partial charge >= 0.3 is 0 Å². The first kappa shape index (κ1) is 13.2. The van der Waals surface area contributed by atoms with E-state index in [1.165, 1.54) is 16.9 Å². The molecule has 0 radical (unpaired) electrons. The molecule has 0 saturated heterocycles. The van der Waals surface area contributed by atoms with E-state index in [0.717, 1.165) is 30.7 Å². The molecule has 4 heteroatoms. The highest BCUT2D eigenvalue weighted by atomic mass is 16.5. The summed E-state index contributed by atoms with van der Waals surface area (Å²) in [6.07, 6.45) is 1.98. The Hall–Kier alpha value is -1.81. The van der Waals surface area contributed by atoms with Crippen molar-refractivity contribution in [3.63, 3.8) is 0 Å². The number of fused-ring (bicyclic) bond motifs is 3. The molecule has 0 spiro atoms. The summed E-state index contributed by atoms with van der Waals surface area (Å²) in [5.74, 6) is 1.40. The third-order valence-electron chi connectivity index (χ3n) is 4.02. The predicted molar refractivity (Wildman–Crippen MR) is 81.3 cm³/mol. The van der Waals surface area contributed by atoms with Crippen LogP contribution in [0.25, 0.3) is 16.8 Å². The highest BCUT2D eigenvalue weighted by molar-refractivity contribution is 5.80. The molecular formula is C16H21N3O. The number of benzene rings is 1. The van der Waals surface area contributed by atoms with Gasteiger partial charge in [0.25, 0.3) is 0 Å². The third kappa shape index (κ3) is 2.00. The van der Waals surface area contributed by atoms with Crippen molar-refractivity contribution in [1.82, 2.24) is 14.4 Å². The average Bonchev–Trinajstić information content (AvgIpc) is 3.00. The Morgan fingerprint density at radius 3 is 2.90 bits per heavy atom. The van der Waals surface area contributed by atoms with E-state index in [1.807, 2.05) is 6.07 Å². The second-order valence-corrected chi connectivity index (χ2v) is 5.30. The maximum Gasteiger partial charge on any atom is 0.212 e. The molecule has 0 bridgehead atoms. The van der Waals surface area contributed by atoms with Crippen LogP contribution >= 0.6 is 0 Å². The van der Waals surface area contributed by atoms with E-state index < -0.39 is 0 Å². The van der Waals surface area contributed by atoms with Crippen LogP contribution in [0.15, 0.2) is 24.3 Å². The molecule has 1 unspecified atom stereocenters. The lowest BCUT2D eigenvalue weighted by Gasteiger charge is -2.09. The number of nitrogens with zero attached hydrogens (tertiary/aromatic N) is 2. The van der Waals surface area contributed by atoms with Crippen molar-refractivity contribution >= 4 is 16.8 Å². The van der Waals surface area contributed by atoms with Crippen LogP contribution in [0.3, 0.4) is 0 Å². The fourth-order valence-corrected chi connectivity index (χ4v) is 2.74. The molecule has 0 fully saturated rings. The molecule has 0 aliphatic rings. The second kappa shape index (κ2) is 5.29. The molecule has 0 aliphatic carbocycles. The molecule has 20 heavy (non-hydrogen) atoms. The summed E-state index contributed by atoms with van der Waals surface area (Å²) < 4.78 is 7.52. The molecular weight excluding hydrogens is 250 g/mol. The van der Waals surface area contributed by atoms with Gasteiger partial charge in [-0.3, -0.25) is 4.40 Å². The lowest BCUT2D eigenvalue weighted by molar-refractivity contribution is 0.201. The molecule has 106 valence electrons. The van der Waals surface area contributed by atoms with E-state index in [0.29, 0.717) is 5.92 Å². The van der Waals surface area contributed by atoms with Gasteiger partial charge in [-0.25, -0.2) is 4.98 Å². The molecule has 3 rings (SSSR count). The van der Waals surface area contributed by atoms with Crippen LogP contribution in [0.2, 0.25) is 0 Å². The number of imidazole rings is 2. The van der Waals surface area contributed by atoms with Crippen molar-refractivity contribution in [2.45, 2.75) is 32.6 Å². The lowest BCUT2D eigenvalue weighted by atomic mass is 10.0. The first-order valence-electron chi connectivity index (χ1n) is 7.23. The Bertz CT molecular complexity index is 726. The Kier molecular flexibility index (Phi) is 3.49. The average molecular weight is 271 g/mol. The van der Waals surface area contributed by atoms with Crippen molar-refractivity contribution in [1.29, 1.82) is 0 Å². The summed E-state index contributed by atoms with van der Waals surface area (Å²) >= 11 is 0. The number of nitrogens with one attached hydrogen (secondary N) is 1. The van der Waals surface area contributed by atoms with Gasteiger partial charge in [0.2, 0.25) is 5.78 Å². The van der Waals surface area contributed by atoms with Crippen molar-refractivity contribution in [2.75, 3.05) is 13.7 Å². The molecule has 3 aromatic rings. The molecule has 0 amide bonds. The van der Waals surface area contributed by atoms with Crippen LogP contribution in [-0.4, -0.2) is 28.1 Å². The van der Waals surface area contributed by atoms with Gasteiger partial charge in [0.15, 0.2) is 0 Å². The lowest BCUT2D eigenvalue weighted by Crippen LogP contribution is -2.04. The third-order valence-corrected chi connectivity index (χ3v) is 4.02. The van der Waals surface area contributed by atoms with Crippen molar-refractivity contribution in [3.8, 4) is 0 Å². The molecule has 0 saturated carbocycles. The zero-order valence-electron chi connectivity index (χ0n) is 12.3. The van der Waals surface area contributed by atoms with E-state index in [4.69, 9.17) is 9.72 Å². The summed E-state index contributed by atoms with van der Waals surface area (Å²) in [5.41, 5.74) is 4.79. The molecule has 1 atom stereocenters. The SMILES string of the molecule is CCC(C)c1nc2[nH]c3ccccc3n2c1CCOC. The van der Waals surface area contributed by atoms with Crippen LogP contribution in [-0.2, 0) is 11.2 Å². The number of rotatable bonds is 5. The van der Waals surface area contributed by atoms with Gasteiger partial charge < -0.3 is 9.72 Å². The van der Waals surface area contributed by atoms with E-state index in [2.05, 4.69) is 41.4 Å². The van der Waals surface area contributed by atoms with Crippen LogP contribution in [0.5, 0.6) is 0 Å². The van der Waals surface area contributed by atoms with Crippen LogP contribution in [0.4, 0.5) is 0 Å². The summed E-state index contributed by atoms with van der Waals surface area (Å²) in [6, 6.07) is 8.34. The summed E-state index contributed by atoms with van der Waals surface area (Å²) in [5, 5.41) is 0. The second-order valence-electron chi connectivity index (χ2n) is 5.30. The number of H-pyrrole nitrogens is 1. The van der Waals surface area contributed by atoms with E-state index in [9.17, 15) is 0 Å². The van der Waals surface area contributed by atoms with Crippen LogP contribution in [0, 0.1) is 0 Å². The fraction of sp³-hybridized carbons (Fsp3) is 0.438. The van der Waals surface area contributed by atoms with Crippen LogP contribution < -0.4 is 0 Å². The highest BCUT2D eigenvalue weighted by Gasteiger charge is 2.19. The predicted octanol–water partition coefficient (Wildman–Crippen LogP) is 3.52. The molecule has 1 aromatic carbocycles. The Morgan fingerprint density at radius 2 is 2.15 bits per heavy atom. The monoisotopic (exact) mass is 271 g/mol. The minimum atomic E-state index is 0.467. The van der Waals surface area contributed by atoms with Gasteiger partial charge in [-0.1, -0.05) is 26.0 Å². The van der Waals surface area contributed by atoms with Crippen LogP contribution in [0.1, 0.15) is 37.6 Å². The number of hydrogen-bond donors (Lipinski definition) is 1. The molecule has 2 heterocycles. The highest BCUT2D eigenvalue weighted by Crippen LogP contribution is 2.27. The largest absolute Gasteiger partial charge is 0.384 e. The van der Waals surface area contributed by atoms with Gasteiger partial charge in [0.1, 0.15) is 0 Å². The Labute approximate surface area is 118 Å². The fourth-order valence-electron chi connectivity index (χ4n) is 2.74. The standard InChI is InChI=1S/C16H21N3O/c1-4-11(2)15-14(9-10-20-3)19-13-8-6-5-7-12(13)17-16(19)18-15/h5-8,11H,4,9-10H2,1-3H3,(H,17,18). The normalized spacial score (nSPS) is 13.3. The Balaban J connectivity index is 2.24. The number of aromatic amines is 1. The number of methoxy groups -OCH3 is 1. The van der Waals surface area contributed by atoms with Gasteiger partial charge in [0, 0.05) is 19.4 Å². The topological polar surface area (TPSA) is 42.3 Å². The van der Waals surface area contributed by atoms with Crippen molar-refractivity contribution in [2.24, 2.45) is 0 Å². The number of para-hydroxylation sites is 2. The summed E-state index contributed by atoms with van der Waals surface area (Å²) in [7, 11) is 1.75. The van der Waals surface area contributed by atoms with Gasteiger partial charge in [-0.15, -0.1) is 0 Å². The minimum absolute atomic E-state index is 0.467. The van der Waals surface area contributed by atoms with Gasteiger partial charge in [0.05, 0.1) is 29.0 Å². The van der Waals surface area contributed by atoms with Crippen molar-refractivity contribution < 1.29 is 4.74 Å².